The third-order valence-corrected chi connectivity index (χ3v) is 2.91. The molecule has 8 heteroatoms. The Morgan fingerprint density at radius 2 is 1.62 bits per heavy atom. The Bertz CT molecular complexity index is 491. The first-order chi connectivity index (χ1) is 9.97. The molecule has 0 unspecified atom stereocenters. The topological polar surface area (TPSA) is 76.7 Å². The molecule has 2 amide bonds. The summed E-state index contributed by atoms with van der Waals surface area (Å²) >= 11 is 11.9. The van der Waals surface area contributed by atoms with Crippen molar-refractivity contribution in [1.82, 2.24) is 10.6 Å². The van der Waals surface area contributed by atoms with Gasteiger partial charge in [-0.3, -0.25) is 10.6 Å². The van der Waals surface area contributed by atoms with Crippen LogP contribution in [0, 0.1) is 0 Å². The molecule has 0 aliphatic rings. The third kappa shape index (κ3) is 5.69. The largest absolute Gasteiger partial charge is 0.450 e. The average molecular weight is 335 g/mol. The van der Waals surface area contributed by atoms with Gasteiger partial charge in [-0.15, -0.1) is 0 Å². The molecule has 0 aliphatic carbocycles. The molecule has 0 fully saturated rings. The monoisotopic (exact) mass is 334 g/mol. The van der Waals surface area contributed by atoms with E-state index in [-0.39, 0.29) is 13.2 Å². The summed E-state index contributed by atoms with van der Waals surface area (Å²) in [5.74, 6) is 0. The Kier molecular flexibility index (Phi) is 7.11. The van der Waals surface area contributed by atoms with Crippen molar-refractivity contribution in [2.45, 2.75) is 20.0 Å². The van der Waals surface area contributed by atoms with Crippen LogP contribution in [-0.2, 0) is 9.47 Å². The standard InChI is InChI=1S/C13H16Cl2N2O4/c1-3-20-12(18)16-11(17-13(19)21-4-2)9-6-5-8(14)7-10(9)15/h5-7,11H,3-4H2,1-2H3,(H,16,18)(H,17,19). The molecule has 0 bridgehead atoms. The zero-order valence-corrected chi connectivity index (χ0v) is 13.1. The van der Waals surface area contributed by atoms with E-state index in [1.165, 1.54) is 6.07 Å². The fraction of sp³-hybridized carbons (Fsp3) is 0.385. The van der Waals surface area contributed by atoms with E-state index in [2.05, 4.69) is 10.6 Å². The van der Waals surface area contributed by atoms with Crippen LogP contribution in [0.25, 0.3) is 0 Å². The normalized spacial score (nSPS) is 10.1. The number of ether oxygens (including phenoxy) is 2. The van der Waals surface area contributed by atoms with Crippen molar-refractivity contribution in [3.8, 4) is 0 Å². The first-order valence-corrected chi connectivity index (χ1v) is 7.05. The summed E-state index contributed by atoms with van der Waals surface area (Å²) in [4.78, 5) is 23.1. The highest BCUT2D eigenvalue weighted by molar-refractivity contribution is 6.35. The van der Waals surface area contributed by atoms with Crippen molar-refractivity contribution in [3.05, 3.63) is 33.8 Å². The van der Waals surface area contributed by atoms with Gasteiger partial charge >= 0.3 is 12.2 Å². The minimum Gasteiger partial charge on any atom is -0.450 e. The molecule has 1 rings (SSSR count). The molecular weight excluding hydrogens is 319 g/mol. The third-order valence-electron chi connectivity index (χ3n) is 2.35. The van der Waals surface area contributed by atoms with Gasteiger partial charge in [-0.05, 0) is 26.0 Å². The summed E-state index contributed by atoms with van der Waals surface area (Å²) in [6.45, 7) is 3.74. The van der Waals surface area contributed by atoms with E-state index >= 15 is 0 Å². The number of carbonyl (C=O) groups excluding carboxylic acids is 2. The molecule has 0 spiro atoms. The highest BCUT2D eigenvalue weighted by Gasteiger charge is 2.20. The number of benzene rings is 1. The fourth-order valence-electron chi connectivity index (χ4n) is 1.51. The maximum atomic E-state index is 11.5. The maximum Gasteiger partial charge on any atom is 0.409 e. The van der Waals surface area contributed by atoms with Crippen LogP contribution in [0.4, 0.5) is 9.59 Å². The predicted molar refractivity (Wildman–Crippen MR) is 79.5 cm³/mol. The molecule has 0 radical (unpaired) electrons. The van der Waals surface area contributed by atoms with Gasteiger partial charge in [-0.2, -0.15) is 0 Å². The second kappa shape index (κ2) is 8.59. The van der Waals surface area contributed by atoms with Gasteiger partial charge < -0.3 is 9.47 Å². The zero-order valence-electron chi connectivity index (χ0n) is 11.6. The van der Waals surface area contributed by atoms with Crippen molar-refractivity contribution in [1.29, 1.82) is 0 Å². The average Bonchev–Trinajstić information content (AvgIpc) is 2.38. The van der Waals surface area contributed by atoms with Gasteiger partial charge in [0, 0.05) is 15.6 Å². The van der Waals surface area contributed by atoms with Gasteiger partial charge in [0.25, 0.3) is 0 Å². The van der Waals surface area contributed by atoms with E-state index in [1.807, 2.05) is 0 Å². The molecular formula is C13H16Cl2N2O4. The summed E-state index contributed by atoms with van der Waals surface area (Å²) in [5.41, 5.74) is 0.460. The Hall–Kier alpha value is -1.66. The second-order valence-corrected chi connectivity index (χ2v) is 4.67. The lowest BCUT2D eigenvalue weighted by molar-refractivity contribution is 0.135. The van der Waals surface area contributed by atoms with Crippen LogP contribution in [0.15, 0.2) is 18.2 Å². The molecule has 2 N–H and O–H groups in total. The quantitative estimate of drug-likeness (QED) is 0.808. The smallest absolute Gasteiger partial charge is 0.409 e. The Morgan fingerprint density at radius 1 is 1.10 bits per heavy atom. The summed E-state index contributed by atoms with van der Waals surface area (Å²) in [5, 5.41) is 5.70. The van der Waals surface area contributed by atoms with E-state index in [1.54, 1.807) is 26.0 Å². The van der Waals surface area contributed by atoms with Crippen molar-refractivity contribution in [3.63, 3.8) is 0 Å². The molecule has 1 aromatic rings. The number of hydrogen-bond acceptors (Lipinski definition) is 4. The molecule has 6 nitrogen and oxygen atoms in total. The molecule has 116 valence electrons. The first-order valence-electron chi connectivity index (χ1n) is 6.29. The molecule has 0 saturated heterocycles. The molecule has 0 aromatic heterocycles. The maximum absolute atomic E-state index is 11.5. The number of hydrogen-bond donors (Lipinski definition) is 2. The molecule has 21 heavy (non-hydrogen) atoms. The van der Waals surface area contributed by atoms with Gasteiger partial charge in [0.05, 0.1) is 13.2 Å². The summed E-state index contributed by atoms with van der Waals surface area (Å²) in [6, 6.07) is 4.69. The van der Waals surface area contributed by atoms with Crippen LogP contribution in [0.2, 0.25) is 10.0 Å². The van der Waals surface area contributed by atoms with E-state index < -0.39 is 18.4 Å². The molecule has 0 saturated carbocycles. The van der Waals surface area contributed by atoms with E-state index in [4.69, 9.17) is 32.7 Å². The molecule has 1 aromatic carbocycles. The van der Waals surface area contributed by atoms with E-state index in [0.717, 1.165) is 0 Å². The number of carbonyl (C=O) groups is 2. The number of halogens is 2. The van der Waals surface area contributed by atoms with Crippen LogP contribution >= 0.6 is 23.2 Å². The van der Waals surface area contributed by atoms with Crippen molar-refractivity contribution < 1.29 is 19.1 Å². The Labute approximate surface area is 132 Å². The molecule has 0 aliphatic heterocycles. The SMILES string of the molecule is CCOC(=O)NC(NC(=O)OCC)c1ccc(Cl)cc1Cl. The van der Waals surface area contributed by atoms with Gasteiger partial charge in [-0.1, -0.05) is 29.3 Å². The summed E-state index contributed by atoms with van der Waals surface area (Å²) in [6.07, 6.45) is -2.27. The van der Waals surface area contributed by atoms with Crippen molar-refractivity contribution in [2.75, 3.05) is 13.2 Å². The minimum atomic E-state index is -0.895. The summed E-state index contributed by atoms with van der Waals surface area (Å²) in [7, 11) is 0. The summed E-state index contributed by atoms with van der Waals surface area (Å²) < 4.78 is 9.58. The van der Waals surface area contributed by atoms with Crippen LogP contribution in [0.3, 0.4) is 0 Å². The van der Waals surface area contributed by atoms with Crippen LogP contribution in [0.1, 0.15) is 25.6 Å². The fourth-order valence-corrected chi connectivity index (χ4v) is 2.03. The second-order valence-electron chi connectivity index (χ2n) is 3.83. The predicted octanol–water partition coefficient (Wildman–Crippen LogP) is 3.48. The van der Waals surface area contributed by atoms with Gasteiger partial charge in [0.1, 0.15) is 6.17 Å². The zero-order chi connectivity index (χ0) is 15.8. The van der Waals surface area contributed by atoms with E-state index in [9.17, 15) is 9.59 Å². The van der Waals surface area contributed by atoms with Gasteiger partial charge in [0.2, 0.25) is 0 Å². The van der Waals surface area contributed by atoms with Crippen LogP contribution in [0.5, 0.6) is 0 Å². The van der Waals surface area contributed by atoms with Crippen molar-refractivity contribution >= 4 is 35.4 Å². The lowest BCUT2D eigenvalue weighted by atomic mass is 10.1. The minimum absolute atomic E-state index is 0.201. The number of nitrogens with one attached hydrogen (secondary N) is 2. The van der Waals surface area contributed by atoms with Crippen LogP contribution < -0.4 is 10.6 Å². The highest BCUT2D eigenvalue weighted by atomic mass is 35.5. The van der Waals surface area contributed by atoms with Gasteiger partial charge in [0.15, 0.2) is 0 Å². The van der Waals surface area contributed by atoms with E-state index in [0.29, 0.717) is 15.6 Å². The number of amides is 2. The highest BCUT2D eigenvalue weighted by Crippen LogP contribution is 2.25. The van der Waals surface area contributed by atoms with Gasteiger partial charge in [-0.25, -0.2) is 9.59 Å². The van der Waals surface area contributed by atoms with Crippen molar-refractivity contribution in [2.24, 2.45) is 0 Å². The first kappa shape index (κ1) is 17.4. The lowest BCUT2D eigenvalue weighted by Gasteiger charge is -2.21. The number of alkyl carbamates (subject to hydrolysis) is 2. The van der Waals surface area contributed by atoms with Crippen LogP contribution in [-0.4, -0.2) is 25.4 Å². The molecule has 0 atom stereocenters. The Balaban J connectivity index is 2.94. The lowest BCUT2D eigenvalue weighted by Crippen LogP contribution is -2.41. The number of rotatable bonds is 5. The Morgan fingerprint density at radius 3 is 2.05 bits per heavy atom. The molecule has 0 heterocycles.